The zero-order valence-corrected chi connectivity index (χ0v) is 35.3. The maximum atomic E-state index is 14.6. The molecule has 0 N–H and O–H groups in total. The average molecular weight is 738 g/mol. The molecule has 0 saturated carbocycles. The van der Waals surface area contributed by atoms with Gasteiger partial charge in [0.15, 0.2) is 0 Å². The molecule has 0 heterocycles. The summed E-state index contributed by atoms with van der Waals surface area (Å²) in [7, 11) is -2.33. The fraction of sp³-hybridized carbons (Fsp3) is 0.280. The lowest BCUT2D eigenvalue weighted by molar-refractivity contribution is 0.687. The Morgan fingerprint density at radius 1 is 0.415 bits per heavy atom. The molecule has 6 rings (SSSR count). The Morgan fingerprint density at radius 3 is 0.906 bits per heavy atom. The molecule has 0 bridgehead atoms. The molecule has 0 fully saturated rings. The predicted molar refractivity (Wildman–Crippen MR) is 235 cm³/mol. The molecule has 272 valence electrons. The lowest BCUT2D eigenvalue weighted by atomic mass is 9.84. The molecule has 1 atom stereocenters. The van der Waals surface area contributed by atoms with Crippen molar-refractivity contribution in [2.24, 2.45) is 0 Å². The monoisotopic (exact) mass is 737 g/mol. The van der Waals surface area contributed by atoms with Crippen LogP contribution >= 0.6 is 11.8 Å². The topological polar surface area (TPSA) is 17.1 Å². The molecule has 1 unspecified atom stereocenters. The minimum Gasteiger partial charge on any atom is -0.255 e. The fourth-order valence-electron chi connectivity index (χ4n) is 9.17. The maximum absolute atomic E-state index is 14.6. The second-order valence-electron chi connectivity index (χ2n) is 15.4. The van der Waals surface area contributed by atoms with Crippen molar-refractivity contribution in [3.8, 4) is 55.6 Å². The lowest BCUT2D eigenvalue weighted by Gasteiger charge is -2.24. The molecule has 0 spiro atoms. The van der Waals surface area contributed by atoms with E-state index in [-0.39, 0.29) is 0 Å². The highest BCUT2D eigenvalue weighted by Crippen LogP contribution is 2.48. The first-order valence-electron chi connectivity index (χ1n) is 19.9. The van der Waals surface area contributed by atoms with E-state index < -0.39 is 17.0 Å². The molecule has 53 heavy (non-hydrogen) atoms. The highest BCUT2D eigenvalue weighted by atomic mass is 32.2. The normalized spacial score (nSPS) is 13.1. The minimum absolute atomic E-state index is 0.357. The van der Waals surface area contributed by atoms with Gasteiger partial charge in [-0.15, -0.1) is 11.8 Å². The molecule has 3 heteroatoms. The van der Waals surface area contributed by atoms with Gasteiger partial charge in [0.25, 0.3) is 0 Å². The molecule has 0 aliphatic carbocycles. The van der Waals surface area contributed by atoms with E-state index in [2.05, 4.69) is 162 Å². The van der Waals surface area contributed by atoms with Crippen LogP contribution in [0.25, 0.3) is 55.6 Å². The lowest BCUT2D eigenvalue weighted by Crippen LogP contribution is -2.03. The van der Waals surface area contributed by atoms with E-state index in [0.29, 0.717) is 16.0 Å². The summed E-state index contributed by atoms with van der Waals surface area (Å²) in [6.45, 7) is 25.6. The third-order valence-corrected chi connectivity index (χ3v) is 12.3. The Balaban J connectivity index is 1.87. The van der Waals surface area contributed by atoms with Gasteiger partial charge >= 0.3 is 0 Å². The van der Waals surface area contributed by atoms with E-state index in [9.17, 15) is 4.21 Å². The summed E-state index contributed by atoms with van der Waals surface area (Å²) in [5.74, 6) is 0. The van der Waals surface area contributed by atoms with Gasteiger partial charge in [-0.1, -0.05) is 70.8 Å². The summed E-state index contributed by atoms with van der Waals surface area (Å²) in [6, 6.07) is 26.5. The minimum atomic E-state index is -2.73. The average Bonchev–Trinajstić information content (AvgIpc) is 3.05. The molecule has 1 nitrogen and oxygen atoms in total. The number of hydrogen-bond donors (Lipinski definition) is 0. The van der Waals surface area contributed by atoms with Crippen LogP contribution in [0.3, 0.4) is 0 Å². The predicted octanol–water partition coefficient (Wildman–Crippen LogP) is 14.2. The molecular formula is C50H54OS2. The molecule has 0 aromatic heterocycles. The highest BCUT2D eigenvalue weighted by molar-refractivity contribution is 7.98. The highest BCUT2D eigenvalue weighted by Gasteiger charge is 2.25. The van der Waals surface area contributed by atoms with Gasteiger partial charge in [0.05, 0.1) is 15.7 Å². The summed E-state index contributed by atoms with van der Waals surface area (Å²) in [5, 5.41) is 0. The van der Waals surface area contributed by atoms with E-state index in [1.165, 1.54) is 60.5 Å². The van der Waals surface area contributed by atoms with Crippen LogP contribution in [-0.4, -0.2) is 16.6 Å². The van der Waals surface area contributed by atoms with Gasteiger partial charge in [0.2, 0.25) is 0 Å². The second-order valence-corrected chi connectivity index (χ2v) is 17.1. The van der Waals surface area contributed by atoms with Crippen molar-refractivity contribution in [3.05, 3.63) is 140 Å². The number of benzene rings is 6. The number of thioether (sulfide) groups is 1. The van der Waals surface area contributed by atoms with Crippen LogP contribution in [0.2, 0.25) is 0 Å². The summed E-state index contributed by atoms with van der Waals surface area (Å²) < 4.78 is 40.2. The van der Waals surface area contributed by atoms with Crippen LogP contribution in [0.15, 0.2) is 82.6 Å². The van der Waals surface area contributed by atoms with E-state index in [4.69, 9.17) is 4.11 Å². The summed E-state index contributed by atoms with van der Waals surface area (Å²) in [5.41, 5.74) is 23.7. The van der Waals surface area contributed by atoms with Crippen LogP contribution in [0, 0.1) is 83.1 Å². The van der Waals surface area contributed by atoms with Gasteiger partial charge in [-0.25, -0.2) is 0 Å². The molecule has 0 saturated heterocycles. The Labute approximate surface area is 330 Å². The van der Waals surface area contributed by atoms with Gasteiger partial charge in [-0.3, -0.25) is 4.21 Å². The van der Waals surface area contributed by atoms with Crippen molar-refractivity contribution in [1.29, 1.82) is 0 Å². The third-order valence-electron chi connectivity index (χ3n) is 10.7. The zero-order chi connectivity index (χ0) is 41.1. The van der Waals surface area contributed by atoms with Crippen LogP contribution in [-0.2, 0) is 10.8 Å². The first-order chi connectivity index (χ1) is 26.2. The summed E-state index contributed by atoms with van der Waals surface area (Å²) in [4.78, 5) is 1.57. The molecule has 0 amide bonds. The molecule has 0 aliphatic rings. The largest absolute Gasteiger partial charge is 0.255 e. The van der Waals surface area contributed by atoms with Gasteiger partial charge in [0, 0.05) is 15.2 Å². The van der Waals surface area contributed by atoms with Crippen molar-refractivity contribution in [1.82, 2.24) is 0 Å². The molecule has 6 aromatic carbocycles. The standard InChI is InChI=1S/C50H54OS2/c1-27-15-31(5)45(32(6)16-27)41-23-39(24-42(49(41)52-13)46-33(7)17-28(2)18-34(46)8)40-25-43(47-35(9)19-29(3)20-36(47)10)50(53(14)51)44(26-40)48-37(11)21-30(4)22-38(48)12/h15-26H,1-14H3/i14D3. The van der Waals surface area contributed by atoms with E-state index >= 15 is 0 Å². The molecule has 0 aliphatic heterocycles. The number of rotatable bonds is 7. The van der Waals surface area contributed by atoms with Crippen molar-refractivity contribution in [2.45, 2.75) is 92.9 Å². The van der Waals surface area contributed by atoms with Gasteiger partial charge in [-0.2, -0.15) is 0 Å². The first-order valence-corrected chi connectivity index (χ1v) is 20.7. The Kier molecular flexibility index (Phi) is 9.73. The Bertz CT molecular complexity index is 2340. The van der Waals surface area contributed by atoms with Crippen molar-refractivity contribution in [2.75, 3.05) is 12.4 Å². The second kappa shape index (κ2) is 14.9. The molecule has 6 aromatic rings. The van der Waals surface area contributed by atoms with Crippen LogP contribution in [0.5, 0.6) is 0 Å². The van der Waals surface area contributed by atoms with Crippen molar-refractivity contribution in [3.63, 3.8) is 0 Å². The summed E-state index contributed by atoms with van der Waals surface area (Å²) in [6.07, 6.45) is -0.563. The van der Waals surface area contributed by atoms with Gasteiger partial charge < -0.3 is 0 Å². The summed E-state index contributed by atoms with van der Waals surface area (Å²) >= 11 is 1.78. The van der Waals surface area contributed by atoms with Crippen molar-refractivity contribution >= 4 is 22.6 Å². The Hall–Kier alpha value is -4.18. The fourth-order valence-corrected chi connectivity index (χ4v) is 10.7. The molecule has 0 radical (unpaired) electrons. The van der Waals surface area contributed by atoms with Gasteiger partial charge in [-0.05, 0) is 214 Å². The third kappa shape index (κ3) is 7.23. The zero-order valence-electron chi connectivity index (χ0n) is 36.7. The van der Waals surface area contributed by atoms with Crippen LogP contribution in [0.4, 0.5) is 0 Å². The quantitative estimate of drug-likeness (QED) is 0.152. The molecular weight excluding hydrogens is 681 g/mol. The van der Waals surface area contributed by atoms with Crippen LogP contribution in [0.1, 0.15) is 70.9 Å². The first kappa shape index (κ1) is 34.6. The number of hydrogen-bond acceptors (Lipinski definition) is 2. The van der Waals surface area contributed by atoms with E-state index in [1.807, 2.05) is 0 Å². The van der Waals surface area contributed by atoms with Crippen molar-refractivity contribution < 1.29 is 8.32 Å². The van der Waals surface area contributed by atoms with E-state index in [1.54, 1.807) is 11.8 Å². The SMILES string of the molecule is [2H]C([2H])([2H])S(=O)c1c(-c2c(C)cc(C)cc2C)cc(-c2cc(-c3c(C)cc(C)cc3C)c(SC)c(-c3c(C)cc(C)cc3C)c2)cc1-c1c(C)cc(C)cc1C. The van der Waals surface area contributed by atoms with E-state index in [0.717, 1.165) is 55.6 Å². The maximum Gasteiger partial charge on any atom is 0.0542 e. The number of aryl methyl sites for hydroxylation is 12. The van der Waals surface area contributed by atoms with Crippen LogP contribution < -0.4 is 0 Å². The van der Waals surface area contributed by atoms with Gasteiger partial charge in [0.1, 0.15) is 0 Å². The Morgan fingerprint density at radius 2 is 0.660 bits per heavy atom. The smallest absolute Gasteiger partial charge is 0.0542 e.